The largest absolute Gasteiger partial charge is 0.332 e. The van der Waals surface area contributed by atoms with Crippen LogP contribution < -0.4 is 0 Å². The average Bonchev–Trinajstić information content (AvgIpc) is 2.02. The fourth-order valence-electron chi connectivity index (χ4n) is 0.965. The van der Waals surface area contributed by atoms with Crippen molar-refractivity contribution in [3.05, 3.63) is 29.3 Å². The normalized spacial score (nSPS) is 11.4. The van der Waals surface area contributed by atoms with Crippen LogP contribution in [0.15, 0.2) is 23.1 Å². The molecule has 1 rings (SSSR count). The minimum atomic E-state index is -4.79. The second kappa shape index (κ2) is 3.67. The molecule has 3 nitrogen and oxygen atoms in total. The van der Waals surface area contributed by atoms with Crippen LogP contribution in [0, 0.1) is 6.92 Å². The molecule has 0 N–H and O–H groups in total. The summed E-state index contributed by atoms with van der Waals surface area (Å²) in [6, 6.07) is 3.32. The zero-order valence-corrected chi connectivity index (χ0v) is 8.69. The summed E-state index contributed by atoms with van der Waals surface area (Å²) in [6.45, 7) is 1.57. The molecule has 0 radical (unpaired) electrons. The first kappa shape index (κ1) is 11.1. The molecule has 0 aliphatic carbocycles. The highest BCUT2D eigenvalue weighted by atomic mass is 35.5. The van der Waals surface area contributed by atoms with E-state index in [1.165, 1.54) is 6.07 Å². The van der Waals surface area contributed by atoms with E-state index in [0.717, 1.165) is 12.1 Å². The summed E-state index contributed by atoms with van der Waals surface area (Å²) in [5.74, 6) is 0. The molecule has 76 valence electrons. The Labute approximate surface area is 85.7 Å². The second-order valence-electron chi connectivity index (χ2n) is 2.69. The maximum absolute atomic E-state index is 12.5. The van der Waals surface area contributed by atoms with Gasteiger partial charge in [-0.3, -0.25) is 4.79 Å². The van der Waals surface area contributed by atoms with Gasteiger partial charge >= 0.3 is 10.2 Å². The van der Waals surface area contributed by atoms with E-state index in [2.05, 4.69) is 0 Å². The van der Waals surface area contributed by atoms with Crippen molar-refractivity contribution in [2.24, 2.45) is 0 Å². The van der Waals surface area contributed by atoms with Gasteiger partial charge in [0.05, 0.1) is 4.90 Å². The summed E-state index contributed by atoms with van der Waals surface area (Å²) >= 11 is 5.17. The molecular formula is C8H6ClFO3S. The maximum Gasteiger partial charge on any atom is 0.332 e. The Balaban J connectivity index is 3.42. The number of hydrogen-bond donors (Lipinski definition) is 0. The third-order valence-corrected chi connectivity index (χ3v) is 2.72. The molecule has 1 aromatic carbocycles. The first-order chi connectivity index (χ1) is 6.32. The smallest absolute Gasteiger partial charge is 0.276 e. The Kier molecular flexibility index (Phi) is 2.92. The number of halogens is 2. The van der Waals surface area contributed by atoms with Crippen LogP contribution in [-0.4, -0.2) is 13.7 Å². The van der Waals surface area contributed by atoms with Crippen molar-refractivity contribution < 1.29 is 17.1 Å². The Bertz CT molecular complexity index is 481. The first-order valence-corrected chi connectivity index (χ1v) is 5.33. The van der Waals surface area contributed by atoms with Crippen molar-refractivity contribution >= 4 is 27.1 Å². The van der Waals surface area contributed by atoms with Crippen LogP contribution in [0.1, 0.15) is 15.9 Å². The predicted molar refractivity (Wildman–Crippen MR) is 49.7 cm³/mol. The standard InChI is InChI=1S/C8H6ClFO3S/c1-5-2-3-6(14(10,12)13)4-7(5)8(9)11/h2-4H,1H3. The number of rotatable bonds is 2. The van der Waals surface area contributed by atoms with Gasteiger partial charge < -0.3 is 0 Å². The van der Waals surface area contributed by atoms with E-state index in [4.69, 9.17) is 11.6 Å². The van der Waals surface area contributed by atoms with E-state index in [0.29, 0.717) is 5.56 Å². The van der Waals surface area contributed by atoms with Gasteiger partial charge in [-0.15, -0.1) is 3.89 Å². The van der Waals surface area contributed by atoms with Crippen molar-refractivity contribution in [2.45, 2.75) is 11.8 Å². The number of aryl methyl sites for hydroxylation is 1. The fraction of sp³-hybridized carbons (Fsp3) is 0.125. The average molecular weight is 237 g/mol. The Morgan fingerprint density at radius 3 is 2.43 bits per heavy atom. The minimum absolute atomic E-state index is 0.00890. The van der Waals surface area contributed by atoms with Gasteiger partial charge in [0.15, 0.2) is 0 Å². The number of hydrogen-bond acceptors (Lipinski definition) is 3. The molecule has 1 aromatic rings. The second-order valence-corrected chi connectivity index (χ2v) is 4.38. The van der Waals surface area contributed by atoms with Crippen molar-refractivity contribution in [1.82, 2.24) is 0 Å². The quantitative estimate of drug-likeness (QED) is 0.739. The van der Waals surface area contributed by atoms with Crippen LogP contribution in [0.3, 0.4) is 0 Å². The summed E-state index contributed by atoms with van der Waals surface area (Å²) in [5, 5.41) is -0.812. The maximum atomic E-state index is 12.5. The van der Waals surface area contributed by atoms with Crippen molar-refractivity contribution in [2.75, 3.05) is 0 Å². The lowest BCUT2D eigenvalue weighted by atomic mass is 10.1. The summed E-state index contributed by atoms with van der Waals surface area (Å²) in [6.07, 6.45) is 0. The molecular weight excluding hydrogens is 231 g/mol. The van der Waals surface area contributed by atoms with Gasteiger partial charge in [-0.1, -0.05) is 6.07 Å². The van der Waals surface area contributed by atoms with E-state index in [1.54, 1.807) is 6.92 Å². The molecule has 0 saturated heterocycles. The predicted octanol–water partition coefficient (Wildman–Crippen LogP) is 2.03. The topological polar surface area (TPSA) is 51.2 Å². The molecule has 0 saturated carbocycles. The molecule has 0 fully saturated rings. The molecule has 0 heterocycles. The van der Waals surface area contributed by atoms with Gasteiger partial charge in [-0.25, -0.2) is 0 Å². The molecule has 0 unspecified atom stereocenters. The number of benzene rings is 1. The van der Waals surface area contributed by atoms with E-state index in [9.17, 15) is 17.1 Å². The highest BCUT2D eigenvalue weighted by Crippen LogP contribution is 2.18. The summed E-state index contributed by atoms with van der Waals surface area (Å²) < 4.78 is 33.5. The highest BCUT2D eigenvalue weighted by Gasteiger charge is 2.15. The Morgan fingerprint density at radius 1 is 1.43 bits per heavy atom. The van der Waals surface area contributed by atoms with Crippen LogP contribution in [0.25, 0.3) is 0 Å². The molecule has 6 heteroatoms. The third-order valence-electron chi connectivity index (χ3n) is 1.70. The van der Waals surface area contributed by atoms with Crippen LogP contribution in [0.5, 0.6) is 0 Å². The Morgan fingerprint density at radius 2 is 2.00 bits per heavy atom. The lowest BCUT2D eigenvalue weighted by molar-refractivity contribution is 0.108. The Hall–Kier alpha value is -0.940. The molecule has 14 heavy (non-hydrogen) atoms. The van der Waals surface area contributed by atoms with Crippen LogP contribution in [0.2, 0.25) is 0 Å². The molecule has 0 amide bonds. The van der Waals surface area contributed by atoms with Crippen LogP contribution in [0.4, 0.5) is 3.89 Å². The van der Waals surface area contributed by atoms with E-state index < -0.39 is 20.4 Å². The molecule has 0 bridgehead atoms. The fourth-order valence-corrected chi connectivity index (χ4v) is 1.66. The van der Waals surface area contributed by atoms with Crippen LogP contribution >= 0.6 is 11.6 Å². The minimum Gasteiger partial charge on any atom is -0.276 e. The molecule has 0 atom stereocenters. The molecule has 0 aliphatic rings. The van der Waals surface area contributed by atoms with Gasteiger partial charge in [-0.05, 0) is 36.2 Å². The summed E-state index contributed by atoms with van der Waals surface area (Å²) in [5.41, 5.74) is 0.489. The lowest BCUT2D eigenvalue weighted by Gasteiger charge is -2.01. The van der Waals surface area contributed by atoms with Gasteiger partial charge in [0.25, 0.3) is 5.24 Å². The van der Waals surface area contributed by atoms with E-state index in [-0.39, 0.29) is 5.56 Å². The zero-order valence-electron chi connectivity index (χ0n) is 7.12. The van der Waals surface area contributed by atoms with Crippen molar-refractivity contribution in [3.8, 4) is 0 Å². The molecule has 0 aliphatic heterocycles. The van der Waals surface area contributed by atoms with Crippen LogP contribution in [-0.2, 0) is 10.2 Å². The van der Waals surface area contributed by atoms with Gasteiger partial charge in [0, 0.05) is 5.56 Å². The van der Waals surface area contributed by atoms with Gasteiger partial charge in [0.1, 0.15) is 0 Å². The van der Waals surface area contributed by atoms with Crippen molar-refractivity contribution in [1.29, 1.82) is 0 Å². The summed E-state index contributed by atoms with van der Waals surface area (Å²) in [7, 11) is -4.79. The van der Waals surface area contributed by atoms with E-state index in [1.807, 2.05) is 0 Å². The van der Waals surface area contributed by atoms with Crippen molar-refractivity contribution in [3.63, 3.8) is 0 Å². The third kappa shape index (κ3) is 2.30. The van der Waals surface area contributed by atoms with Gasteiger partial charge in [-0.2, -0.15) is 8.42 Å². The zero-order chi connectivity index (χ0) is 10.9. The molecule has 0 aromatic heterocycles. The first-order valence-electron chi connectivity index (χ1n) is 3.57. The monoisotopic (exact) mass is 236 g/mol. The molecule has 0 spiro atoms. The highest BCUT2D eigenvalue weighted by molar-refractivity contribution is 7.86. The van der Waals surface area contributed by atoms with Gasteiger partial charge in [0.2, 0.25) is 0 Å². The number of carbonyl (C=O) groups is 1. The number of carbonyl (C=O) groups excluding carboxylic acids is 1. The lowest BCUT2D eigenvalue weighted by Crippen LogP contribution is -1.98. The van der Waals surface area contributed by atoms with E-state index >= 15 is 0 Å². The SMILES string of the molecule is Cc1ccc(S(=O)(=O)F)cc1C(=O)Cl. The summed E-state index contributed by atoms with van der Waals surface area (Å²) in [4.78, 5) is 10.2.